The number of hydrogen-bond acceptors (Lipinski definition) is 13. The molecule has 6 N–H and O–H groups in total. The molecule has 63 heavy (non-hydrogen) atoms. The Labute approximate surface area is 358 Å². The van der Waals surface area contributed by atoms with Crippen molar-refractivity contribution in [2.24, 2.45) is 10.3 Å². The van der Waals surface area contributed by atoms with E-state index in [1.54, 1.807) is 9.44 Å². The minimum Gasteiger partial charge on any atom is -0.370 e. The normalized spacial score (nSPS) is 12.6. The highest BCUT2D eigenvalue weighted by Crippen LogP contribution is 2.34. The van der Waals surface area contributed by atoms with E-state index in [4.69, 9.17) is 10.3 Å². The summed E-state index contributed by atoms with van der Waals surface area (Å²) in [5, 5.41) is 10.1. The van der Waals surface area contributed by atoms with Crippen molar-refractivity contribution in [1.82, 2.24) is 14.4 Å². The quantitative estimate of drug-likeness (QED) is 0.110. The van der Waals surface area contributed by atoms with Gasteiger partial charge in [-0.25, -0.2) is 67.2 Å². The maximum atomic E-state index is 13.0. The Morgan fingerprint density at radius 2 is 1.19 bits per heavy atom. The van der Waals surface area contributed by atoms with Crippen LogP contribution in [0.1, 0.15) is 36.9 Å². The SMILES string of the molecule is Cc1nc(-c2cccc(C(F)(F)F)c2)sc1C(=O)NS(=O)(=O)c1ccccc1S(N)(=O)=O.NS(=O)(=O)c1ccccc1S(=O)(=O)NC(=O)c1cccc(COCC(F)(F)C(F)F)c1. The molecule has 1 heterocycles. The number of thiazole rings is 1. The van der Waals surface area contributed by atoms with Crippen molar-refractivity contribution in [2.45, 2.75) is 51.6 Å². The number of carbonyl (C=O) groups excluding carboxylic acids is 2. The zero-order valence-electron chi connectivity index (χ0n) is 31.5. The summed E-state index contributed by atoms with van der Waals surface area (Å²) in [5.74, 6) is -6.63. The number of nitrogens with zero attached hydrogens (tertiary/aromatic N) is 1. The molecular formula is C35H30F7N5O11S5. The maximum absolute atomic E-state index is 13.0. The highest BCUT2D eigenvalue weighted by molar-refractivity contribution is 7.93. The number of ether oxygens (including phenoxy) is 1. The molecule has 0 saturated carbocycles. The molecule has 0 atom stereocenters. The summed E-state index contributed by atoms with van der Waals surface area (Å²) in [4.78, 5) is 25.9. The topological polar surface area (TPSA) is 269 Å². The first-order valence-corrected chi connectivity index (χ1v) is 23.7. The molecule has 5 rings (SSSR count). The average Bonchev–Trinajstić information content (AvgIpc) is 3.58. The van der Waals surface area contributed by atoms with E-state index < -0.39 is 109 Å². The van der Waals surface area contributed by atoms with E-state index in [1.165, 1.54) is 61.5 Å². The number of aryl methyl sites for hydroxylation is 1. The van der Waals surface area contributed by atoms with Crippen molar-refractivity contribution in [3.05, 3.63) is 124 Å². The average molecular weight is 990 g/mol. The van der Waals surface area contributed by atoms with Crippen molar-refractivity contribution in [3.8, 4) is 10.6 Å². The summed E-state index contributed by atoms with van der Waals surface area (Å²) in [6, 6.07) is 18.0. The molecule has 0 radical (unpaired) electrons. The number of hydrogen-bond donors (Lipinski definition) is 4. The summed E-state index contributed by atoms with van der Waals surface area (Å²) in [7, 11) is -18.1. The third-order valence-corrected chi connectivity index (χ3v) is 14.0. The van der Waals surface area contributed by atoms with Crippen LogP contribution in [-0.2, 0) is 57.6 Å². The molecule has 16 nitrogen and oxygen atoms in total. The summed E-state index contributed by atoms with van der Waals surface area (Å²) in [5.41, 5.74) is -0.848. The Hall–Kier alpha value is -5.36. The van der Waals surface area contributed by atoms with Gasteiger partial charge in [0.25, 0.3) is 31.9 Å². The Morgan fingerprint density at radius 3 is 1.68 bits per heavy atom. The van der Waals surface area contributed by atoms with Crippen molar-refractivity contribution >= 4 is 63.2 Å². The van der Waals surface area contributed by atoms with E-state index in [2.05, 4.69) is 9.72 Å². The molecule has 0 saturated heterocycles. The largest absolute Gasteiger partial charge is 0.416 e. The number of rotatable bonds is 14. The van der Waals surface area contributed by atoms with E-state index in [9.17, 15) is 74.0 Å². The van der Waals surface area contributed by atoms with Gasteiger partial charge in [0, 0.05) is 11.1 Å². The van der Waals surface area contributed by atoms with Crippen LogP contribution in [0.25, 0.3) is 10.6 Å². The molecule has 2 amide bonds. The van der Waals surface area contributed by atoms with Gasteiger partial charge in [0.2, 0.25) is 20.0 Å². The molecule has 5 aromatic rings. The summed E-state index contributed by atoms with van der Waals surface area (Å²) in [6.07, 6.45) is -8.48. The van der Waals surface area contributed by atoms with Crippen molar-refractivity contribution < 1.29 is 78.7 Å². The molecule has 0 fully saturated rings. The van der Waals surface area contributed by atoms with Crippen molar-refractivity contribution in [1.29, 1.82) is 0 Å². The van der Waals surface area contributed by atoms with Gasteiger partial charge in [0.05, 0.1) is 17.9 Å². The molecule has 0 aliphatic rings. The van der Waals surface area contributed by atoms with Crippen LogP contribution in [0.5, 0.6) is 0 Å². The van der Waals surface area contributed by atoms with Gasteiger partial charge in [-0.15, -0.1) is 11.3 Å². The van der Waals surface area contributed by atoms with Crippen LogP contribution in [0.3, 0.4) is 0 Å². The Bertz CT molecular complexity index is 2990. The summed E-state index contributed by atoms with van der Waals surface area (Å²) < 4.78 is 194. The molecule has 0 bridgehead atoms. The van der Waals surface area contributed by atoms with Crippen LogP contribution >= 0.6 is 11.3 Å². The van der Waals surface area contributed by atoms with Gasteiger partial charge < -0.3 is 4.74 Å². The highest BCUT2D eigenvalue weighted by Gasteiger charge is 2.41. The monoisotopic (exact) mass is 989 g/mol. The molecular weight excluding hydrogens is 960 g/mol. The maximum Gasteiger partial charge on any atom is 0.416 e. The number of carbonyl (C=O) groups is 2. The molecule has 0 aliphatic heterocycles. The van der Waals surface area contributed by atoms with Gasteiger partial charge in [-0.2, -0.15) is 22.0 Å². The first-order chi connectivity index (χ1) is 28.9. The zero-order valence-corrected chi connectivity index (χ0v) is 35.6. The summed E-state index contributed by atoms with van der Waals surface area (Å²) in [6.45, 7) is -0.725. The van der Waals surface area contributed by atoms with E-state index in [-0.39, 0.29) is 32.3 Å². The van der Waals surface area contributed by atoms with Crippen LogP contribution in [0.15, 0.2) is 117 Å². The third-order valence-electron chi connectivity index (χ3n) is 7.86. The second kappa shape index (κ2) is 19.2. The number of nitrogens with two attached hydrogens (primary N) is 2. The Morgan fingerprint density at radius 1 is 0.698 bits per heavy atom. The number of primary sulfonamides is 2. The van der Waals surface area contributed by atoms with Gasteiger partial charge in [-0.05, 0) is 61.0 Å². The standard InChI is InChI=1S/C18H14F3N3O5S3.C17H16F4N2O6S2/c1-10-15(30-17(23-10)11-5-4-6-12(9-11)18(19,20)21)16(25)24-32(28,29)14-8-3-2-7-13(14)31(22,26)27;18-16(19)17(20,21)10-29-9-11-4-3-5-12(8-11)15(24)23-31(27,28)14-7-2-1-6-13(14)30(22,25)26/h2-9H,1H3,(H,24,25)(H2,22,26,27);1-8,16H,9-10H2,(H,23,24)(H2,22,25,26). The fourth-order valence-electron chi connectivity index (χ4n) is 5.00. The lowest BCUT2D eigenvalue weighted by molar-refractivity contribution is -0.168. The first-order valence-electron chi connectivity index (χ1n) is 16.8. The van der Waals surface area contributed by atoms with E-state index in [1.807, 2.05) is 0 Å². The number of benzene rings is 4. The van der Waals surface area contributed by atoms with Crippen LogP contribution in [-0.4, -0.2) is 69.4 Å². The van der Waals surface area contributed by atoms with Crippen LogP contribution in [0, 0.1) is 6.92 Å². The van der Waals surface area contributed by atoms with Gasteiger partial charge >= 0.3 is 18.5 Å². The number of nitrogens with one attached hydrogen (secondary N) is 2. The van der Waals surface area contributed by atoms with Crippen LogP contribution < -0.4 is 19.7 Å². The van der Waals surface area contributed by atoms with Gasteiger partial charge in [-0.1, -0.05) is 48.5 Å². The van der Waals surface area contributed by atoms with Crippen LogP contribution in [0.2, 0.25) is 0 Å². The lowest BCUT2D eigenvalue weighted by Gasteiger charge is -2.15. The highest BCUT2D eigenvalue weighted by atomic mass is 32.2. The van der Waals surface area contributed by atoms with Crippen molar-refractivity contribution in [3.63, 3.8) is 0 Å². The van der Waals surface area contributed by atoms with Gasteiger partial charge in [-0.3, -0.25) is 9.59 Å². The molecule has 28 heteroatoms. The molecule has 4 aromatic carbocycles. The van der Waals surface area contributed by atoms with Crippen LogP contribution in [0.4, 0.5) is 30.7 Å². The lowest BCUT2D eigenvalue weighted by Crippen LogP contribution is -2.32. The molecule has 0 unspecified atom stereocenters. The molecule has 0 aliphatic carbocycles. The van der Waals surface area contributed by atoms with Crippen molar-refractivity contribution in [2.75, 3.05) is 6.61 Å². The summed E-state index contributed by atoms with van der Waals surface area (Å²) >= 11 is 0.688. The second-order valence-electron chi connectivity index (χ2n) is 12.6. The molecule has 0 spiro atoms. The third kappa shape index (κ3) is 13.1. The number of alkyl halides is 7. The minimum atomic E-state index is -4.65. The lowest BCUT2D eigenvalue weighted by atomic mass is 10.1. The minimum absolute atomic E-state index is 0.0704. The number of aromatic nitrogens is 1. The predicted molar refractivity (Wildman–Crippen MR) is 209 cm³/mol. The molecule has 1 aromatic heterocycles. The zero-order chi connectivity index (χ0) is 47.3. The fourth-order valence-corrected chi connectivity index (χ4v) is 10.7. The fraction of sp³-hybridized carbons (Fsp3) is 0.171. The van der Waals surface area contributed by atoms with Gasteiger partial charge in [0.15, 0.2) is 0 Å². The number of halogens is 7. The Balaban J connectivity index is 0.000000277. The van der Waals surface area contributed by atoms with E-state index >= 15 is 0 Å². The smallest absolute Gasteiger partial charge is 0.370 e. The Kier molecular flexibility index (Phi) is 15.3. The van der Waals surface area contributed by atoms with E-state index in [0.29, 0.717) is 11.3 Å². The second-order valence-corrected chi connectivity index (χ2v) is 20.0. The number of amides is 2. The molecule has 340 valence electrons. The first kappa shape index (κ1) is 50.3. The predicted octanol–water partition coefficient (Wildman–Crippen LogP) is 4.77. The number of sulfonamides is 4. The van der Waals surface area contributed by atoms with Gasteiger partial charge in [0.1, 0.15) is 36.1 Å². The van der Waals surface area contributed by atoms with E-state index in [0.717, 1.165) is 42.5 Å².